The topological polar surface area (TPSA) is 59.0 Å². The Balaban J connectivity index is 3.34. The highest BCUT2D eigenvalue weighted by molar-refractivity contribution is 6.74. The Morgan fingerprint density at radius 3 is 1.84 bits per heavy atom. The van der Waals surface area contributed by atoms with E-state index in [1.54, 1.807) is 6.08 Å². The molecule has 0 aliphatic heterocycles. The van der Waals surface area contributed by atoms with Crippen LogP contribution in [-0.4, -0.2) is 64.5 Å². The third kappa shape index (κ3) is 14.4. The zero-order chi connectivity index (χ0) is 38.8. The van der Waals surface area contributed by atoms with Gasteiger partial charge in [0, 0.05) is 31.8 Å². The molecule has 0 aromatic carbocycles. The van der Waals surface area contributed by atoms with Crippen molar-refractivity contribution in [1.29, 1.82) is 0 Å². The largest absolute Gasteiger partial charge is 0.413 e. The second kappa shape index (κ2) is 19.9. The van der Waals surface area contributed by atoms with Crippen molar-refractivity contribution in [3.05, 3.63) is 36.5 Å². The van der Waals surface area contributed by atoms with E-state index in [4.69, 9.17) is 8.85 Å². The van der Waals surface area contributed by atoms with E-state index in [-0.39, 0.29) is 57.8 Å². The number of amides is 1. The number of aliphatic hydroxyl groups excluding tert-OH is 1. The van der Waals surface area contributed by atoms with Crippen LogP contribution in [0.1, 0.15) is 128 Å². The standard InChI is InChI=1S/C43H83NO4Si2/c1-19-20-24-32(3)39(46)36(7)41(48-50(17,18)43(11,12)13)34(5)28-31(2)27-33(4)40(47-49(15,16)42(8,9)10)35(6)30-44(14)38(45)29-37-25-22-21-23-26-37/h19-20,24,27,32-37,39-41,46H,1,21-23,25-26,28-30H2,2-18H3/t32-,33-,34?,35-,36?,39?,40+,41?/m0/s1. The fourth-order valence-corrected chi connectivity index (χ4v) is 10.2. The van der Waals surface area contributed by atoms with Gasteiger partial charge < -0.3 is 18.9 Å². The molecule has 0 saturated heterocycles. The summed E-state index contributed by atoms with van der Waals surface area (Å²) in [4.78, 5) is 15.3. The van der Waals surface area contributed by atoms with Gasteiger partial charge in [0.05, 0.1) is 18.3 Å². The van der Waals surface area contributed by atoms with Gasteiger partial charge in [0.2, 0.25) is 5.91 Å². The van der Waals surface area contributed by atoms with Crippen LogP contribution < -0.4 is 0 Å². The van der Waals surface area contributed by atoms with Gasteiger partial charge in [0.1, 0.15) is 0 Å². The number of carbonyl (C=O) groups excluding carboxylic acids is 1. The van der Waals surface area contributed by atoms with E-state index in [0.29, 0.717) is 18.9 Å². The van der Waals surface area contributed by atoms with Crippen molar-refractivity contribution in [2.24, 2.45) is 35.5 Å². The number of hydrogen-bond acceptors (Lipinski definition) is 4. The van der Waals surface area contributed by atoms with Gasteiger partial charge in [-0.05, 0) is 86.1 Å². The van der Waals surface area contributed by atoms with Crippen LogP contribution in [0.5, 0.6) is 0 Å². The van der Waals surface area contributed by atoms with E-state index >= 15 is 0 Å². The molecular formula is C43H83NO4Si2. The molecule has 8 atom stereocenters. The maximum absolute atomic E-state index is 13.4. The van der Waals surface area contributed by atoms with Gasteiger partial charge in [-0.1, -0.05) is 132 Å². The molecule has 0 aromatic rings. The number of hydrogen-bond donors (Lipinski definition) is 1. The fourth-order valence-electron chi connectivity index (χ4n) is 7.23. The first-order chi connectivity index (χ1) is 22.8. The van der Waals surface area contributed by atoms with Gasteiger partial charge in [-0.25, -0.2) is 0 Å². The first kappa shape index (κ1) is 47.0. The Morgan fingerprint density at radius 2 is 1.36 bits per heavy atom. The van der Waals surface area contributed by atoms with Gasteiger partial charge >= 0.3 is 0 Å². The lowest BCUT2D eigenvalue weighted by molar-refractivity contribution is -0.132. The Bertz CT molecular complexity index is 1100. The summed E-state index contributed by atoms with van der Waals surface area (Å²) in [5.41, 5.74) is 1.33. The van der Waals surface area contributed by atoms with Gasteiger partial charge in [-0.2, -0.15) is 0 Å². The third-order valence-electron chi connectivity index (χ3n) is 12.6. The first-order valence-corrected chi connectivity index (χ1v) is 25.8. The lowest BCUT2D eigenvalue weighted by Gasteiger charge is -2.44. The summed E-state index contributed by atoms with van der Waals surface area (Å²) in [6.07, 6.45) is 15.3. The average Bonchev–Trinajstić information content (AvgIpc) is 2.99. The van der Waals surface area contributed by atoms with Gasteiger partial charge in [0.15, 0.2) is 16.6 Å². The lowest BCUT2D eigenvalue weighted by atomic mass is 9.81. The number of nitrogens with zero attached hydrogens (tertiary/aromatic N) is 1. The molecular weight excluding hydrogens is 651 g/mol. The van der Waals surface area contributed by atoms with E-state index in [0.717, 1.165) is 6.42 Å². The maximum Gasteiger partial charge on any atom is 0.222 e. The molecule has 7 heteroatoms. The summed E-state index contributed by atoms with van der Waals surface area (Å²) in [5, 5.41) is 11.7. The van der Waals surface area contributed by atoms with Crippen LogP contribution in [0.15, 0.2) is 36.5 Å². The predicted octanol–water partition coefficient (Wildman–Crippen LogP) is 11.8. The number of rotatable bonds is 19. The highest BCUT2D eigenvalue weighted by Gasteiger charge is 2.44. The van der Waals surface area contributed by atoms with E-state index in [9.17, 15) is 9.90 Å². The molecule has 1 amide bonds. The highest BCUT2D eigenvalue weighted by Crippen LogP contribution is 2.42. The quantitative estimate of drug-likeness (QED) is 0.0816. The minimum atomic E-state index is -2.11. The van der Waals surface area contributed by atoms with Gasteiger partial charge in [-0.3, -0.25) is 4.79 Å². The fraction of sp³-hybridized carbons (Fsp3) is 0.837. The van der Waals surface area contributed by atoms with Crippen molar-refractivity contribution in [2.75, 3.05) is 13.6 Å². The summed E-state index contributed by atoms with van der Waals surface area (Å²) in [7, 11) is -2.21. The van der Waals surface area contributed by atoms with Crippen LogP contribution >= 0.6 is 0 Å². The second-order valence-corrected chi connectivity index (χ2v) is 29.0. The molecule has 0 aromatic heterocycles. The molecule has 50 heavy (non-hydrogen) atoms. The molecule has 0 heterocycles. The zero-order valence-electron chi connectivity index (χ0n) is 36.0. The summed E-state index contributed by atoms with van der Waals surface area (Å²) in [6.45, 7) is 41.0. The minimum Gasteiger partial charge on any atom is -0.413 e. The highest BCUT2D eigenvalue weighted by atomic mass is 28.4. The molecule has 1 rings (SSSR count). The Hall–Kier alpha value is -0.996. The molecule has 0 radical (unpaired) electrons. The van der Waals surface area contributed by atoms with E-state index in [1.807, 2.05) is 24.1 Å². The van der Waals surface area contributed by atoms with Gasteiger partial charge in [-0.15, -0.1) is 0 Å². The molecule has 0 bridgehead atoms. The van der Waals surface area contributed by atoms with Gasteiger partial charge in [0.25, 0.3) is 0 Å². The molecule has 1 aliphatic rings. The Kier molecular flexibility index (Phi) is 18.7. The predicted molar refractivity (Wildman–Crippen MR) is 223 cm³/mol. The minimum absolute atomic E-state index is 0.000197. The van der Waals surface area contributed by atoms with Crippen LogP contribution in [-0.2, 0) is 13.6 Å². The van der Waals surface area contributed by atoms with Crippen LogP contribution in [0.3, 0.4) is 0 Å². The van der Waals surface area contributed by atoms with Crippen LogP contribution in [0.25, 0.3) is 0 Å². The van der Waals surface area contributed by atoms with Crippen molar-refractivity contribution < 1.29 is 18.8 Å². The van der Waals surface area contributed by atoms with Crippen LogP contribution in [0.4, 0.5) is 0 Å². The summed E-state index contributed by atoms with van der Waals surface area (Å²) >= 11 is 0. The molecule has 1 fully saturated rings. The van der Waals surface area contributed by atoms with Crippen LogP contribution in [0.2, 0.25) is 36.3 Å². The van der Waals surface area contributed by atoms with Crippen LogP contribution in [0, 0.1) is 35.5 Å². The summed E-state index contributed by atoms with van der Waals surface area (Å²) in [5.74, 6) is 1.37. The Labute approximate surface area is 313 Å². The van der Waals surface area contributed by atoms with E-state index in [1.165, 1.54) is 37.7 Å². The van der Waals surface area contributed by atoms with Crippen molar-refractivity contribution in [3.8, 4) is 0 Å². The van der Waals surface area contributed by atoms with Crippen molar-refractivity contribution in [2.45, 2.75) is 183 Å². The second-order valence-electron chi connectivity index (χ2n) is 19.5. The SMILES string of the molecule is C=CC=C[C@H](C)C(O)C(C)C(O[Si](C)(C)C(C)(C)C)C(C)CC(C)=C[C@H](C)[C@@H](O[Si](C)(C)C(C)(C)C)[C@@H](C)CN(C)C(=O)CC1CCCCC1. The Morgan fingerprint density at radius 1 is 0.860 bits per heavy atom. The average molecular weight is 734 g/mol. The summed E-state index contributed by atoms with van der Waals surface area (Å²) in [6, 6.07) is 0. The van der Waals surface area contributed by atoms with E-state index < -0.39 is 22.7 Å². The van der Waals surface area contributed by atoms with Crippen molar-refractivity contribution in [1.82, 2.24) is 4.90 Å². The molecule has 1 aliphatic carbocycles. The normalized spacial score (nSPS) is 20.9. The molecule has 4 unspecified atom stereocenters. The lowest BCUT2D eigenvalue weighted by Crippen LogP contribution is -2.50. The number of allylic oxidation sites excluding steroid dienone is 3. The van der Waals surface area contributed by atoms with E-state index in [2.05, 4.69) is 122 Å². The first-order valence-electron chi connectivity index (χ1n) is 20.0. The number of aliphatic hydroxyl groups is 1. The maximum atomic E-state index is 13.4. The smallest absolute Gasteiger partial charge is 0.222 e. The molecule has 292 valence electrons. The molecule has 1 N–H and O–H groups in total. The number of carbonyl (C=O) groups is 1. The summed E-state index contributed by atoms with van der Waals surface area (Å²) < 4.78 is 14.4. The van der Waals surface area contributed by atoms with Crippen molar-refractivity contribution >= 4 is 22.5 Å². The molecule has 1 saturated carbocycles. The van der Waals surface area contributed by atoms with Crippen molar-refractivity contribution in [3.63, 3.8) is 0 Å². The monoisotopic (exact) mass is 734 g/mol. The molecule has 0 spiro atoms. The molecule has 5 nitrogen and oxygen atoms in total. The third-order valence-corrected chi connectivity index (χ3v) is 21.6. The zero-order valence-corrected chi connectivity index (χ0v) is 38.0.